The molecule has 0 saturated carbocycles. The molecule has 1 aromatic rings. The number of rotatable bonds is 5. The van der Waals surface area contributed by atoms with Gasteiger partial charge in [-0.3, -0.25) is 14.5 Å². The highest BCUT2D eigenvalue weighted by molar-refractivity contribution is 5.93. The Balaban J connectivity index is 2.16. The second-order valence-electron chi connectivity index (χ2n) is 4.70. The predicted octanol–water partition coefficient (Wildman–Crippen LogP) is 1.54. The lowest BCUT2D eigenvalue weighted by Gasteiger charge is -2.14. The van der Waals surface area contributed by atoms with Gasteiger partial charge in [0.05, 0.1) is 13.7 Å². The van der Waals surface area contributed by atoms with Crippen molar-refractivity contribution in [1.82, 2.24) is 4.90 Å². The van der Waals surface area contributed by atoms with E-state index in [9.17, 15) is 9.59 Å². The Kier molecular flexibility index (Phi) is 4.39. The van der Waals surface area contributed by atoms with Gasteiger partial charge in [0, 0.05) is 6.04 Å². The fraction of sp³-hybridized carbons (Fsp3) is 0.467. The summed E-state index contributed by atoms with van der Waals surface area (Å²) in [7, 11) is 1.33. The van der Waals surface area contributed by atoms with Gasteiger partial charge in [-0.05, 0) is 19.4 Å². The lowest BCUT2D eigenvalue weighted by Crippen LogP contribution is -2.19. The molecule has 2 rings (SSSR count). The zero-order chi connectivity index (χ0) is 14.7. The van der Waals surface area contributed by atoms with Gasteiger partial charge >= 0.3 is 11.9 Å². The van der Waals surface area contributed by atoms with Crippen molar-refractivity contribution in [2.45, 2.75) is 32.0 Å². The third kappa shape index (κ3) is 2.67. The van der Waals surface area contributed by atoms with Gasteiger partial charge < -0.3 is 9.47 Å². The van der Waals surface area contributed by atoms with E-state index in [1.54, 1.807) is 6.92 Å². The van der Waals surface area contributed by atoms with E-state index in [1.807, 2.05) is 42.2 Å². The van der Waals surface area contributed by atoms with Gasteiger partial charge in [0.2, 0.25) is 0 Å². The van der Waals surface area contributed by atoms with Gasteiger partial charge in [0.15, 0.2) is 0 Å². The molecule has 0 bridgehead atoms. The molecule has 20 heavy (non-hydrogen) atoms. The van der Waals surface area contributed by atoms with Gasteiger partial charge in [-0.25, -0.2) is 0 Å². The van der Waals surface area contributed by atoms with E-state index < -0.39 is 18.1 Å². The molecule has 1 aliphatic rings. The third-order valence-electron chi connectivity index (χ3n) is 3.55. The highest BCUT2D eigenvalue weighted by Gasteiger charge is 2.60. The van der Waals surface area contributed by atoms with Crippen LogP contribution in [0.15, 0.2) is 30.3 Å². The molecule has 1 fully saturated rings. The number of carbonyl (C=O) groups excluding carboxylic acids is 2. The van der Waals surface area contributed by atoms with E-state index in [0.717, 1.165) is 5.56 Å². The van der Waals surface area contributed by atoms with Crippen molar-refractivity contribution in [2.24, 2.45) is 0 Å². The van der Waals surface area contributed by atoms with Crippen LogP contribution in [0.3, 0.4) is 0 Å². The maximum absolute atomic E-state index is 11.9. The average Bonchev–Trinajstić information content (AvgIpc) is 3.22. The number of carbonyl (C=O) groups is 2. The Labute approximate surface area is 118 Å². The van der Waals surface area contributed by atoms with Crippen LogP contribution in [0.25, 0.3) is 0 Å². The normalized spacial score (nSPS) is 25.6. The number of methoxy groups -OCH3 is 1. The molecule has 4 atom stereocenters. The van der Waals surface area contributed by atoms with Crippen molar-refractivity contribution in [3.63, 3.8) is 0 Å². The Morgan fingerprint density at radius 2 is 1.80 bits per heavy atom. The van der Waals surface area contributed by atoms with E-state index in [4.69, 9.17) is 9.47 Å². The van der Waals surface area contributed by atoms with Crippen LogP contribution >= 0.6 is 0 Å². The summed E-state index contributed by atoms with van der Waals surface area (Å²) in [5.41, 5.74) is 1.05. The first-order valence-electron chi connectivity index (χ1n) is 6.68. The minimum atomic E-state index is -0.547. The molecule has 1 heterocycles. The molecule has 0 amide bonds. The average molecular weight is 277 g/mol. The van der Waals surface area contributed by atoms with Crippen LogP contribution in [-0.4, -0.2) is 42.6 Å². The molecule has 1 unspecified atom stereocenters. The summed E-state index contributed by atoms with van der Waals surface area (Å²) in [6.45, 7) is 4.01. The van der Waals surface area contributed by atoms with E-state index >= 15 is 0 Å². The second-order valence-corrected chi connectivity index (χ2v) is 4.70. The number of ether oxygens (including phenoxy) is 2. The summed E-state index contributed by atoms with van der Waals surface area (Å²) in [6, 6.07) is 8.60. The highest BCUT2D eigenvalue weighted by Crippen LogP contribution is 2.39. The molecule has 0 aromatic heterocycles. The minimum absolute atomic E-state index is 0.0466. The monoisotopic (exact) mass is 277 g/mol. The van der Waals surface area contributed by atoms with E-state index in [1.165, 1.54) is 7.11 Å². The maximum Gasteiger partial charge on any atom is 0.325 e. The number of esters is 2. The molecular formula is C15H19NO4. The van der Waals surface area contributed by atoms with Crippen LogP contribution in [0, 0.1) is 0 Å². The topological polar surface area (TPSA) is 55.6 Å². The first-order valence-corrected chi connectivity index (χ1v) is 6.68. The van der Waals surface area contributed by atoms with Crippen LogP contribution in [0.4, 0.5) is 0 Å². The molecule has 5 nitrogen and oxygen atoms in total. The van der Waals surface area contributed by atoms with Crippen LogP contribution in [0.1, 0.15) is 25.5 Å². The maximum atomic E-state index is 11.9. The second kappa shape index (κ2) is 6.05. The Morgan fingerprint density at radius 1 is 1.20 bits per heavy atom. The van der Waals surface area contributed by atoms with Crippen molar-refractivity contribution in [3.05, 3.63) is 35.9 Å². The summed E-state index contributed by atoms with van der Waals surface area (Å²) in [4.78, 5) is 25.5. The molecule has 1 aromatic carbocycles. The standard InChI is InChI=1S/C15H19NO4/c1-4-20-15(18)13-12(14(17)19-3)16(13)10(2)11-8-6-5-7-9-11/h5-10,12-13H,4H2,1-3H3/t10-,12+,13-,16?/m1/s1. The highest BCUT2D eigenvalue weighted by atomic mass is 16.5. The fourth-order valence-corrected chi connectivity index (χ4v) is 2.48. The van der Waals surface area contributed by atoms with Crippen molar-refractivity contribution in [1.29, 1.82) is 0 Å². The molecule has 1 saturated heterocycles. The van der Waals surface area contributed by atoms with Crippen LogP contribution in [0.5, 0.6) is 0 Å². The van der Waals surface area contributed by atoms with Crippen LogP contribution < -0.4 is 0 Å². The molecule has 0 spiro atoms. The van der Waals surface area contributed by atoms with Crippen molar-refractivity contribution in [3.8, 4) is 0 Å². The lowest BCUT2D eigenvalue weighted by molar-refractivity contribution is -0.145. The van der Waals surface area contributed by atoms with Crippen molar-refractivity contribution in [2.75, 3.05) is 13.7 Å². The van der Waals surface area contributed by atoms with Gasteiger partial charge in [0.1, 0.15) is 12.1 Å². The summed E-state index contributed by atoms with van der Waals surface area (Å²) in [5, 5.41) is 0. The Morgan fingerprint density at radius 3 is 2.35 bits per heavy atom. The zero-order valence-corrected chi connectivity index (χ0v) is 11.9. The molecule has 1 aliphatic heterocycles. The van der Waals surface area contributed by atoms with E-state index in [2.05, 4.69) is 0 Å². The smallest absolute Gasteiger partial charge is 0.325 e. The molecule has 0 aliphatic carbocycles. The summed E-state index contributed by atoms with van der Waals surface area (Å²) in [5.74, 6) is -0.767. The molecule has 108 valence electrons. The number of nitrogens with zero attached hydrogens (tertiary/aromatic N) is 1. The fourth-order valence-electron chi connectivity index (χ4n) is 2.48. The van der Waals surface area contributed by atoms with Gasteiger partial charge in [0.25, 0.3) is 0 Å². The quantitative estimate of drug-likeness (QED) is 0.603. The van der Waals surface area contributed by atoms with Gasteiger partial charge in [-0.15, -0.1) is 0 Å². The molecular weight excluding hydrogens is 258 g/mol. The number of hydrogen-bond acceptors (Lipinski definition) is 5. The lowest BCUT2D eigenvalue weighted by atomic mass is 10.1. The SMILES string of the molecule is CCOC(=O)[C@H]1[C@@H](C(=O)OC)N1[C@H](C)c1ccccc1. The zero-order valence-electron chi connectivity index (χ0n) is 11.9. The summed E-state index contributed by atoms with van der Waals surface area (Å²) >= 11 is 0. The van der Waals surface area contributed by atoms with Crippen molar-refractivity contribution >= 4 is 11.9 Å². The van der Waals surface area contributed by atoms with E-state index in [0.29, 0.717) is 6.61 Å². The summed E-state index contributed by atoms with van der Waals surface area (Å²) in [6.07, 6.45) is 0. The van der Waals surface area contributed by atoms with E-state index in [-0.39, 0.29) is 12.0 Å². The molecule has 5 heteroatoms. The Bertz CT molecular complexity index is 488. The number of hydrogen-bond donors (Lipinski definition) is 0. The first-order chi connectivity index (χ1) is 9.61. The third-order valence-corrected chi connectivity index (χ3v) is 3.55. The van der Waals surface area contributed by atoms with Crippen molar-refractivity contribution < 1.29 is 19.1 Å². The molecule has 0 radical (unpaired) electrons. The van der Waals surface area contributed by atoms with Crippen LogP contribution in [0.2, 0.25) is 0 Å². The Hall–Kier alpha value is -1.88. The largest absolute Gasteiger partial charge is 0.468 e. The molecule has 0 N–H and O–H groups in total. The summed E-state index contributed by atoms with van der Waals surface area (Å²) < 4.78 is 9.78. The van der Waals surface area contributed by atoms with Crippen LogP contribution in [-0.2, 0) is 19.1 Å². The van der Waals surface area contributed by atoms with Gasteiger partial charge in [-0.2, -0.15) is 0 Å². The minimum Gasteiger partial charge on any atom is -0.468 e. The van der Waals surface area contributed by atoms with Gasteiger partial charge in [-0.1, -0.05) is 30.3 Å². The first kappa shape index (κ1) is 14.5. The number of benzene rings is 1. The predicted molar refractivity (Wildman–Crippen MR) is 72.9 cm³/mol.